The molecule has 0 spiro atoms. The number of benzene rings is 2. The first-order valence-electron chi connectivity index (χ1n) is 9.11. The molecule has 0 aliphatic carbocycles. The molecule has 2 aromatic carbocycles. The van der Waals surface area contributed by atoms with Crippen LogP contribution in [0.2, 0.25) is 0 Å². The number of likely N-dealkylation sites (tertiary alicyclic amines) is 1. The third kappa shape index (κ3) is 4.86. The van der Waals surface area contributed by atoms with Crippen LogP contribution in [-0.2, 0) is 4.79 Å². The molecule has 2 aromatic rings. The van der Waals surface area contributed by atoms with Gasteiger partial charge in [-0.05, 0) is 50.1 Å². The van der Waals surface area contributed by atoms with Crippen molar-refractivity contribution in [3.05, 3.63) is 60.2 Å². The third-order valence-corrected chi connectivity index (χ3v) is 4.71. The fourth-order valence-electron chi connectivity index (χ4n) is 3.36. The molecule has 3 rings (SSSR count). The number of carbonyl (C=O) groups is 2. The molecule has 0 aromatic heterocycles. The maximum Gasteiger partial charge on any atom is 0.254 e. The van der Waals surface area contributed by atoms with Crippen LogP contribution in [0.4, 0.5) is 0 Å². The Kier molecular flexibility index (Phi) is 6.08. The number of hydrogen-bond acceptors (Lipinski definition) is 4. The average Bonchev–Trinajstić information content (AvgIpc) is 2.68. The molecular formula is C21H24N2O4. The summed E-state index contributed by atoms with van der Waals surface area (Å²) < 4.78 is 5.81. The summed E-state index contributed by atoms with van der Waals surface area (Å²) in [7, 11) is 0. The first-order chi connectivity index (χ1) is 13.1. The number of hydrogen-bond donors (Lipinski definition) is 2. The summed E-state index contributed by atoms with van der Waals surface area (Å²) in [6.07, 6.45) is 1.33. The molecule has 1 heterocycles. The summed E-state index contributed by atoms with van der Waals surface area (Å²) in [5.41, 5.74) is 0.577. The van der Waals surface area contributed by atoms with Crippen molar-refractivity contribution in [1.29, 1.82) is 0 Å². The molecule has 1 aliphatic rings. The molecule has 6 nitrogen and oxygen atoms in total. The van der Waals surface area contributed by atoms with Crippen LogP contribution < -0.4 is 10.1 Å². The van der Waals surface area contributed by atoms with Crippen LogP contribution in [0.5, 0.6) is 11.5 Å². The molecule has 1 saturated heterocycles. The molecule has 0 radical (unpaired) electrons. The molecule has 2 N–H and O–H groups in total. The Morgan fingerprint density at radius 1 is 1.15 bits per heavy atom. The van der Waals surface area contributed by atoms with Crippen LogP contribution in [0.1, 0.15) is 30.1 Å². The van der Waals surface area contributed by atoms with Gasteiger partial charge in [0.15, 0.2) is 0 Å². The molecular weight excluding hydrogens is 344 g/mol. The first-order valence-corrected chi connectivity index (χ1v) is 9.11. The van der Waals surface area contributed by atoms with Gasteiger partial charge in [-0.25, -0.2) is 0 Å². The van der Waals surface area contributed by atoms with E-state index in [0.717, 1.165) is 5.75 Å². The number of aliphatic hydroxyl groups is 1. The maximum absolute atomic E-state index is 12.9. The van der Waals surface area contributed by atoms with Crippen molar-refractivity contribution < 1.29 is 19.4 Å². The summed E-state index contributed by atoms with van der Waals surface area (Å²) in [6.45, 7) is 2.02. The number of para-hydroxylation sites is 1. The Morgan fingerprint density at radius 3 is 2.59 bits per heavy atom. The van der Waals surface area contributed by atoms with Gasteiger partial charge in [0.2, 0.25) is 5.91 Å². The average molecular weight is 368 g/mol. The predicted octanol–water partition coefficient (Wildman–Crippen LogP) is 2.58. The van der Waals surface area contributed by atoms with E-state index in [1.165, 1.54) is 0 Å². The standard InChI is InChI=1S/C21H24N2O4/c1-15-12-17(22-20(25)14-24)10-11-23(15)21(26)16-6-5-9-19(13-16)27-18-7-3-2-4-8-18/h2-9,13,15,17,24H,10-12,14H2,1H3,(H,22,25). The Labute approximate surface area is 158 Å². The molecule has 6 heteroatoms. The minimum Gasteiger partial charge on any atom is -0.457 e. The minimum atomic E-state index is -0.512. The number of nitrogens with one attached hydrogen (secondary N) is 1. The Bertz CT molecular complexity index is 794. The van der Waals surface area contributed by atoms with Crippen molar-refractivity contribution >= 4 is 11.8 Å². The predicted molar refractivity (Wildman–Crippen MR) is 102 cm³/mol. The number of ether oxygens (including phenoxy) is 1. The Hall–Kier alpha value is -2.86. The number of nitrogens with zero attached hydrogens (tertiary/aromatic N) is 1. The van der Waals surface area contributed by atoms with Gasteiger partial charge in [-0.15, -0.1) is 0 Å². The smallest absolute Gasteiger partial charge is 0.254 e. The number of amides is 2. The van der Waals surface area contributed by atoms with E-state index in [2.05, 4.69) is 5.32 Å². The summed E-state index contributed by atoms with van der Waals surface area (Å²) in [5, 5.41) is 11.7. The van der Waals surface area contributed by atoms with E-state index in [-0.39, 0.29) is 23.9 Å². The van der Waals surface area contributed by atoms with Crippen LogP contribution in [0.15, 0.2) is 54.6 Å². The Balaban J connectivity index is 1.65. The highest BCUT2D eigenvalue weighted by atomic mass is 16.5. The van der Waals surface area contributed by atoms with Crippen molar-refractivity contribution in [3.63, 3.8) is 0 Å². The van der Waals surface area contributed by atoms with Gasteiger partial charge in [-0.1, -0.05) is 24.3 Å². The Morgan fingerprint density at radius 2 is 1.89 bits per heavy atom. The lowest BCUT2D eigenvalue weighted by atomic mass is 9.97. The number of aliphatic hydroxyl groups excluding tert-OH is 1. The van der Waals surface area contributed by atoms with Crippen molar-refractivity contribution in [2.24, 2.45) is 0 Å². The second-order valence-corrected chi connectivity index (χ2v) is 6.74. The van der Waals surface area contributed by atoms with Crippen molar-refractivity contribution in [2.75, 3.05) is 13.2 Å². The van der Waals surface area contributed by atoms with E-state index in [9.17, 15) is 9.59 Å². The zero-order chi connectivity index (χ0) is 19.2. The highest BCUT2D eigenvalue weighted by molar-refractivity contribution is 5.95. The zero-order valence-corrected chi connectivity index (χ0v) is 15.3. The van der Waals surface area contributed by atoms with Gasteiger partial charge < -0.3 is 20.1 Å². The monoisotopic (exact) mass is 368 g/mol. The molecule has 1 fully saturated rings. The minimum absolute atomic E-state index is 0.00561. The van der Waals surface area contributed by atoms with Gasteiger partial charge in [-0.2, -0.15) is 0 Å². The van der Waals surface area contributed by atoms with Crippen LogP contribution in [0.3, 0.4) is 0 Å². The molecule has 0 bridgehead atoms. The lowest BCUT2D eigenvalue weighted by Crippen LogP contribution is -2.51. The molecule has 27 heavy (non-hydrogen) atoms. The normalized spacial score (nSPS) is 19.4. The molecule has 2 amide bonds. The van der Waals surface area contributed by atoms with Crippen molar-refractivity contribution in [1.82, 2.24) is 10.2 Å². The largest absolute Gasteiger partial charge is 0.457 e. The van der Waals surface area contributed by atoms with E-state index < -0.39 is 6.61 Å². The fraction of sp³-hybridized carbons (Fsp3) is 0.333. The first kappa shape index (κ1) is 18.9. The van der Waals surface area contributed by atoms with Gasteiger partial charge in [0.05, 0.1) is 0 Å². The topological polar surface area (TPSA) is 78.9 Å². The van der Waals surface area contributed by atoms with Crippen LogP contribution in [0, 0.1) is 0 Å². The summed E-state index contributed by atoms with van der Waals surface area (Å²) in [5.74, 6) is 0.909. The fourth-order valence-corrected chi connectivity index (χ4v) is 3.36. The van der Waals surface area contributed by atoms with E-state index in [4.69, 9.17) is 9.84 Å². The third-order valence-electron chi connectivity index (χ3n) is 4.71. The van der Waals surface area contributed by atoms with Crippen LogP contribution in [0.25, 0.3) is 0 Å². The number of rotatable bonds is 5. The summed E-state index contributed by atoms with van der Waals surface area (Å²) in [6, 6.07) is 16.6. The SMILES string of the molecule is CC1CC(NC(=O)CO)CCN1C(=O)c1cccc(Oc2ccccc2)c1. The second kappa shape index (κ2) is 8.68. The second-order valence-electron chi connectivity index (χ2n) is 6.74. The zero-order valence-electron chi connectivity index (χ0n) is 15.3. The molecule has 142 valence electrons. The van der Waals surface area contributed by atoms with Crippen molar-refractivity contribution in [2.45, 2.75) is 31.8 Å². The van der Waals surface area contributed by atoms with E-state index in [0.29, 0.717) is 30.7 Å². The van der Waals surface area contributed by atoms with Gasteiger partial charge in [-0.3, -0.25) is 9.59 Å². The van der Waals surface area contributed by atoms with Gasteiger partial charge >= 0.3 is 0 Å². The van der Waals surface area contributed by atoms with Crippen LogP contribution >= 0.6 is 0 Å². The number of carbonyl (C=O) groups excluding carboxylic acids is 2. The maximum atomic E-state index is 12.9. The van der Waals surface area contributed by atoms with Gasteiger partial charge in [0.1, 0.15) is 18.1 Å². The molecule has 2 unspecified atom stereocenters. The highest BCUT2D eigenvalue weighted by Crippen LogP contribution is 2.24. The van der Waals surface area contributed by atoms with E-state index in [1.54, 1.807) is 12.1 Å². The summed E-state index contributed by atoms with van der Waals surface area (Å²) in [4.78, 5) is 26.1. The molecule has 0 saturated carbocycles. The van der Waals surface area contributed by atoms with E-state index >= 15 is 0 Å². The highest BCUT2D eigenvalue weighted by Gasteiger charge is 2.30. The van der Waals surface area contributed by atoms with Crippen molar-refractivity contribution in [3.8, 4) is 11.5 Å². The molecule has 2 atom stereocenters. The van der Waals surface area contributed by atoms with E-state index in [1.807, 2.05) is 54.3 Å². The lowest BCUT2D eigenvalue weighted by molar-refractivity contribution is -0.124. The summed E-state index contributed by atoms with van der Waals surface area (Å²) >= 11 is 0. The quantitative estimate of drug-likeness (QED) is 0.850. The van der Waals surface area contributed by atoms with Gasteiger partial charge in [0, 0.05) is 24.2 Å². The number of piperidine rings is 1. The molecule has 1 aliphatic heterocycles. The van der Waals surface area contributed by atoms with Crippen LogP contribution in [-0.4, -0.2) is 47.1 Å². The lowest BCUT2D eigenvalue weighted by Gasteiger charge is -2.38. The van der Waals surface area contributed by atoms with Gasteiger partial charge in [0.25, 0.3) is 5.91 Å².